The lowest BCUT2D eigenvalue weighted by Gasteiger charge is -2.19. The standard InChI is InChI=1S/C37H42ClN7O12/c1-4-5-12-29-39-34(38)31(44(29)18-23-14-16-24(17-15-23)25-10-6-7-11-26(25)35-40-42-43-41-35)36(47)53-22(3)54-37(48)56-28-20-52-32-27(19-51-33(28)32)55-30(46)13-8-9-21(2)57-45(49)50/h6-7,10-11,14-17,21-22,27-28,32-33H,4-5,8-9,12-13,18-20H2,1-3H3,(H,40,41,42,43)/t21?,22?,27-,28+,32?,33?/m1/s1. The highest BCUT2D eigenvalue weighted by Crippen LogP contribution is 2.32. The number of fused-ring (bicyclic) bond motifs is 1. The Morgan fingerprint density at radius 3 is 2.37 bits per heavy atom. The summed E-state index contributed by atoms with van der Waals surface area (Å²) in [4.78, 5) is 58.1. The first-order valence-corrected chi connectivity index (χ1v) is 18.9. The van der Waals surface area contributed by atoms with Crippen LogP contribution in [-0.4, -0.2) is 103 Å². The van der Waals surface area contributed by atoms with Gasteiger partial charge in [-0.3, -0.25) is 4.79 Å². The Labute approximate surface area is 331 Å². The minimum absolute atomic E-state index is 0.00417. The molecule has 57 heavy (non-hydrogen) atoms. The molecule has 2 aromatic carbocycles. The van der Waals surface area contributed by atoms with Crippen molar-refractivity contribution in [3.8, 4) is 22.5 Å². The summed E-state index contributed by atoms with van der Waals surface area (Å²) >= 11 is 6.54. The predicted octanol–water partition coefficient (Wildman–Crippen LogP) is 5.28. The molecule has 0 aliphatic carbocycles. The number of hydrogen-bond acceptors (Lipinski definition) is 16. The second-order valence-electron chi connectivity index (χ2n) is 13.5. The Morgan fingerprint density at radius 1 is 1.00 bits per heavy atom. The van der Waals surface area contributed by atoms with E-state index in [0.717, 1.165) is 35.1 Å². The van der Waals surface area contributed by atoms with Gasteiger partial charge in [0, 0.05) is 31.9 Å². The Kier molecular flexibility index (Phi) is 13.7. The summed E-state index contributed by atoms with van der Waals surface area (Å²) in [5.74, 6) is -0.312. The lowest BCUT2D eigenvalue weighted by atomic mass is 9.98. The van der Waals surface area contributed by atoms with Crippen LogP contribution in [0.4, 0.5) is 4.79 Å². The molecule has 2 fully saturated rings. The largest absolute Gasteiger partial charge is 0.511 e. The highest BCUT2D eigenvalue weighted by Gasteiger charge is 2.51. The lowest BCUT2D eigenvalue weighted by molar-refractivity contribution is -0.767. The van der Waals surface area contributed by atoms with Gasteiger partial charge >= 0.3 is 18.1 Å². The zero-order valence-corrected chi connectivity index (χ0v) is 32.2. The third-order valence-corrected chi connectivity index (χ3v) is 9.62. The maximum atomic E-state index is 13.6. The van der Waals surface area contributed by atoms with Crippen molar-refractivity contribution in [2.45, 2.75) is 103 Å². The van der Waals surface area contributed by atoms with Crippen LogP contribution >= 0.6 is 11.6 Å². The van der Waals surface area contributed by atoms with Crippen molar-refractivity contribution in [2.75, 3.05) is 13.2 Å². The third-order valence-electron chi connectivity index (χ3n) is 9.36. The number of carbonyl (C=O) groups excluding carboxylic acids is 3. The molecule has 304 valence electrons. The third kappa shape index (κ3) is 10.4. The van der Waals surface area contributed by atoms with Crippen LogP contribution in [0, 0.1) is 10.1 Å². The van der Waals surface area contributed by atoms with E-state index in [1.807, 2.05) is 55.5 Å². The van der Waals surface area contributed by atoms with Crippen LogP contribution in [0.3, 0.4) is 0 Å². The molecule has 0 amide bonds. The molecule has 0 spiro atoms. The van der Waals surface area contributed by atoms with E-state index in [2.05, 4.69) is 30.4 Å². The van der Waals surface area contributed by atoms with Crippen molar-refractivity contribution in [3.63, 3.8) is 0 Å². The number of benzene rings is 2. The van der Waals surface area contributed by atoms with E-state index >= 15 is 0 Å². The number of rotatable bonds is 18. The fourth-order valence-electron chi connectivity index (χ4n) is 6.65. The Balaban J connectivity index is 1.03. The topological polar surface area (TPSA) is 231 Å². The molecular formula is C37H42ClN7O12. The molecule has 2 aromatic heterocycles. The fraction of sp³-hybridized carbons (Fsp3) is 0.486. The molecule has 1 N–H and O–H groups in total. The SMILES string of the molecule is CCCCc1nc(Cl)c(C(=O)OC(C)OC(=O)O[C@H]2COC3C2OC[C@H]3OC(=O)CCCC(C)O[N+](=O)[O-])n1Cc1ccc(-c2ccccc2-c2nn[nH]n2)cc1. The average molecular weight is 812 g/mol. The van der Waals surface area contributed by atoms with Gasteiger partial charge in [-0.2, -0.15) is 5.21 Å². The number of nitrogens with zero attached hydrogens (tertiary/aromatic N) is 6. The first-order valence-electron chi connectivity index (χ1n) is 18.5. The lowest BCUT2D eigenvalue weighted by Crippen LogP contribution is -2.36. The van der Waals surface area contributed by atoms with E-state index in [4.69, 9.17) is 40.0 Å². The van der Waals surface area contributed by atoms with Crippen LogP contribution in [0.5, 0.6) is 0 Å². The number of H-pyrrole nitrogens is 1. The summed E-state index contributed by atoms with van der Waals surface area (Å²) in [6, 6.07) is 15.5. The number of aromatic amines is 1. The summed E-state index contributed by atoms with van der Waals surface area (Å²) in [6.45, 7) is 5.15. The van der Waals surface area contributed by atoms with Crippen molar-refractivity contribution >= 4 is 29.7 Å². The first-order chi connectivity index (χ1) is 27.5. The normalized spacial score (nSPS) is 19.6. The highest BCUT2D eigenvalue weighted by molar-refractivity contribution is 6.32. The van der Waals surface area contributed by atoms with Crippen LogP contribution in [0.25, 0.3) is 22.5 Å². The second kappa shape index (κ2) is 19.0. The van der Waals surface area contributed by atoms with Gasteiger partial charge < -0.3 is 37.8 Å². The van der Waals surface area contributed by atoms with Crippen molar-refractivity contribution < 1.29 is 52.7 Å². The molecule has 0 saturated carbocycles. The van der Waals surface area contributed by atoms with Gasteiger partial charge in [0.05, 0.1) is 13.2 Å². The fourth-order valence-corrected chi connectivity index (χ4v) is 6.92. The van der Waals surface area contributed by atoms with Crippen LogP contribution < -0.4 is 0 Å². The molecule has 6 rings (SSSR count). The Morgan fingerprint density at radius 2 is 1.70 bits per heavy atom. The molecule has 6 atom stereocenters. The number of halogens is 1. The number of nitrogens with one attached hydrogen (secondary N) is 1. The molecular weight excluding hydrogens is 770 g/mol. The van der Waals surface area contributed by atoms with Gasteiger partial charge in [-0.1, -0.05) is 73.5 Å². The molecule has 0 bridgehead atoms. The minimum atomic E-state index is -1.38. The summed E-state index contributed by atoms with van der Waals surface area (Å²) in [5, 5.41) is 23.9. The average Bonchev–Trinajstić information content (AvgIpc) is 3.98. The van der Waals surface area contributed by atoms with Crippen molar-refractivity contribution in [1.29, 1.82) is 0 Å². The summed E-state index contributed by atoms with van der Waals surface area (Å²) in [5.41, 5.74) is 3.53. The van der Waals surface area contributed by atoms with Crippen molar-refractivity contribution in [3.05, 3.63) is 80.9 Å². The van der Waals surface area contributed by atoms with Crippen LogP contribution in [0.2, 0.25) is 5.15 Å². The molecule has 4 aromatic rings. The maximum absolute atomic E-state index is 13.6. The molecule has 4 heterocycles. The highest BCUT2D eigenvalue weighted by atomic mass is 35.5. The van der Waals surface area contributed by atoms with E-state index in [0.29, 0.717) is 30.9 Å². The maximum Gasteiger partial charge on any atom is 0.511 e. The van der Waals surface area contributed by atoms with E-state index in [1.54, 1.807) is 4.57 Å². The van der Waals surface area contributed by atoms with E-state index in [9.17, 15) is 24.5 Å². The van der Waals surface area contributed by atoms with Crippen LogP contribution in [0.1, 0.15) is 74.8 Å². The number of hydrogen-bond donors (Lipinski definition) is 1. The molecule has 2 aliphatic rings. The van der Waals surface area contributed by atoms with E-state index in [1.165, 1.54) is 13.8 Å². The smallest absolute Gasteiger partial charge is 0.457 e. The second-order valence-corrected chi connectivity index (χ2v) is 13.8. The first kappa shape index (κ1) is 41.0. The number of aromatic nitrogens is 6. The number of ether oxygens (including phenoxy) is 6. The Hall–Kier alpha value is -5.66. The molecule has 19 nitrogen and oxygen atoms in total. The summed E-state index contributed by atoms with van der Waals surface area (Å²) in [6.07, 6.45) is -3.33. The Bertz CT molecular complexity index is 2010. The van der Waals surface area contributed by atoms with E-state index in [-0.39, 0.29) is 37.0 Å². The number of esters is 2. The van der Waals surface area contributed by atoms with Gasteiger partial charge in [-0.25, -0.2) is 14.6 Å². The number of carbonyl (C=O) groups is 3. The molecule has 2 saturated heterocycles. The number of imidazole rings is 1. The quantitative estimate of drug-likeness (QED) is 0.0443. The number of tetrazole rings is 1. The van der Waals surface area contributed by atoms with Gasteiger partial charge in [-0.15, -0.1) is 20.3 Å². The molecule has 0 radical (unpaired) electrons. The number of unbranched alkanes of at least 4 members (excludes halogenated alkanes) is 1. The van der Waals surface area contributed by atoms with Gasteiger partial charge in [-0.05, 0) is 48.1 Å². The van der Waals surface area contributed by atoms with Gasteiger partial charge in [0.2, 0.25) is 12.1 Å². The van der Waals surface area contributed by atoms with Gasteiger partial charge in [0.15, 0.2) is 23.1 Å². The van der Waals surface area contributed by atoms with Gasteiger partial charge in [0.25, 0.3) is 5.09 Å². The predicted molar refractivity (Wildman–Crippen MR) is 197 cm³/mol. The van der Waals surface area contributed by atoms with Gasteiger partial charge in [0.1, 0.15) is 24.1 Å². The monoisotopic (exact) mass is 811 g/mol. The van der Waals surface area contributed by atoms with Crippen LogP contribution in [-0.2, 0) is 51.0 Å². The molecule has 2 aliphatic heterocycles. The minimum Gasteiger partial charge on any atom is -0.457 e. The zero-order chi connectivity index (χ0) is 40.5. The van der Waals surface area contributed by atoms with Crippen molar-refractivity contribution in [1.82, 2.24) is 30.2 Å². The molecule has 4 unspecified atom stereocenters. The zero-order valence-electron chi connectivity index (χ0n) is 31.4. The summed E-state index contributed by atoms with van der Waals surface area (Å²) < 4.78 is 34.8. The number of aryl methyl sites for hydroxylation is 1. The van der Waals surface area contributed by atoms with Crippen molar-refractivity contribution in [2.24, 2.45) is 0 Å². The summed E-state index contributed by atoms with van der Waals surface area (Å²) in [7, 11) is 0. The van der Waals surface area contributed by atoms with Crippen LogP contribution in [0.15, 0.2) is 48.5 Å². The van der Waals surface area contributed by atoms with E-state index < -0.39 is 60.0 Å². The molecule has 20 heteroatoms.